The van der Waals surface area contributed by atoms with Crippen molar-refractivity contribution in [3.8, 4) is 5.75 Å². The van der Waals surface area contributed by atoms with Crippen LogP contribution in [-0.4, -0.2) is 13.4 Å². The second-order valence-corrected chi connectivity index (χ2v) is 3.07. The van der Waals surface area contributed by atoms with Crippen molar-refractivity contribution in [2.45, 2.75) is 19.1 Å². The minimum atomic E-state index is -0.210. The third-order valence-corrected chi connectivity index (χ3v) is 2.19. The number of ether oxygens (including phenoxy) is 2. The van der Waals surface area contributed by atoms with E-state index in [0.29, 0.717) is 0 Å². The van der Waals surface area contributed by atoms with Crippen LogP contribution in [0.3, 0.4) is 0 Å². The number of rotatable bonds is 1. The van der Waals surface area contributed by atoms with Gasteiger partial charge >= 0.3 is 0 Å². The second-order valence-electron chi connectivity index (χ2n) is 3.07. The fourth-order valence-electron chi connectivity index (χ4n) is 1.50. The van der Waals surface area contributed by atoms with E-state index in [0.717, 1.165) is 24.2 Å². The van der Waals surface area contributed by atoms with Crippen molar-refractivity contribution in [3.63, 3.8) is 0 Å². The molecule has 0 N–H and O–H groups in total. The van der Waals surface area contributed by atoms with Crippen molar-refractivity contribution in [1.82, 2.24) is 0 Å². The zero-order chi connectivity index (χ0) is 9.26. The Labute approximate surface area is 88.4 Å². The zero-order valence-electron chi connectivity index (χ0n) is 7.83. The van der Waals surface area contributed by atoms with Crippen LogP contribution in [0.5, 0.6) is 5.75 Å². The summed E-state index contributed by atoms with van der Waals surface area (Å²) < 4.78 is 23.3. The molecule has 78 valence electrons. The molecular weight excluding hydrogens is 207 g/mol. The van der Waals surface area contributed by atoms with Gasteiger partial charge in [0.25, 0.3) is 0 Å². The highest BCUT2D eigenvalue weighted by Crippen LogP contribution is 2.28. The molecule has 1 aliphatic heterocycles. The Bertz CT molecular complexity index is 317. The maximum Gasteiger partial charge on any atom is 0.199 e. The minimum Gasteiger partial charge on any atom is -0.465 e. The molecule has 2 nitrogen and oxygen atoms in total. The largest absolute Gasteiger partial charge is 0.465 e. The Morgan fingerprint density at radius 1 is 1.50 bits per heavy atom. The average molecular weight is 219 g/mol. The van der Waals surface area contributed by atoms with Gasteiger partial charge in [-0.1, -0.05) is 0 Å². The Morgan fingerprint density at radius 3 is 3.00 bits per heavy atom. The maximum atomic E-state index is 12.8. The summed E-state index contributed by atoms with van der Waals surface area (Å²) in [5, 5.41) is 0. The van der Waals surface area contributed by atoms with E-state index in [2.05, 4.69) is 0 Å². The first-order chi connectivity index (χ1) is 6.29. The number of aryl methyl sites for hydroxylation is 1. The summed E-state index contributed by atoms with van der Waals surface area (Å²) in [4.78, 5) is 0. The third kappa shape index (κ3) is 2.16. The van der Waals surface area contributed by atoms with Crippen LogP contribution in [0.4, 0.5) is 4.39 Å². The molecule has 0 fully saturated rings. The molecule has 0 bridgehead atoms. The first-order valence-electron chi connectivity index (χ1n) is 4.27. The van der Waals surface area contributed by atoms with Crippen LogP contribution >= 0.6 is 12.4 Å². The highest BCUT2D eigenvalue weighted by Gasteiger charge is 2.18. The summed E-state index contributed by atoms with van der Waals surface area (Å²) in [5.41, 5.74) is 0.924. The highest BCUT2D eigenvalue weighted by atomic mass is 35.5. The van der Waals surface area contributed by atoms with Gasteiger partial charge in [0.15, 0.2) is 6.29 Å². The second kappa shape index (κ2) is 4.62. The van der Waals surface area contributed by atoms with Gasteiger partial charge in [0.1, 0.15) is 11.6 Å². The molecule has 4 heteroatoms. The molecule has 1 aliphatic rings. The normalized spacial score (nSPS) is 19.1. The van der Waals surface area contributed by atoms with E-state index in [-0.39, 0.29) is 24.5 Å². The molecule has 0 amide bonds. The lowest BCUT2D eigenvalue weighted by Crippen LogP contribution is -2.24. The van der Waals surface area contributed by atoms with Gasteiger partial charge in [0, 0.05) is 13.5 Å². The van der Waals surface area contributed by atoms with Gasteiger partial charge in [-0.3, -0.25) is 0 Å². The molecule has 0 aliphatic carbocycles. The van der Waals surface area contributed by atoms with E-state index in [4.69, 9.17) is 9.47 Å². The van der Waals surface area contributed by atoms with E-state index < -0.39 is 0 Å². The number of hydrogen-bond donors (Lipinski definition) is 0. The predicted molar refractivity (Wildman–Crippen MR) is 53.4 cm³/mol. The van der Waals surface area contributed by atoms with Gasteiger partial charge in [-0.25, -0.2) is 4.39 Å². The minimum absolute atomic E-state index is 0. The summed E-state index contributed by atoms with van der Waals surface area (Å²) >= 11 is 0. The quantitative estimate of drug-likeness (QED) is 0.721. The number of hydrogen-bond acceptors (Lipinski definition) is 2. The highest BCUT2D eigenvalue weighted by molar-refractivity contribution is 5.85. The van der Waals surface area contributed by atoms with Gasteiger partial charge < -0.3 is 9.47 Å². The van der Waals surface area contributed by atoms with Crippen molar-refractivity contribution in [3.05, 3.63) is 29.6 Å². The van der Waals surface area contributed by atoms with E-state index in [1.165, 1.54) is 12.1 Å². The molecule has 1 aromatic rings. The number of methoxy groups -OCH3 is 1. The summed E-state index contributed by atoms with van der Waals surface area (Å²) in [7, 11) is 1.61. The molecule has 1 atom stereocenters. The predicted octanol–water partition coefficient (Wildman–Crippen LogP) is 2.55. The van der Waals surface area contributed by atoms with Crippen LogP contribution in [0.1, 0.15) is 12.0 Å². The number of benzene rings is 1. The monoisotopic (exact) mass is 218 g/mol. The van der Waals surface area contributed by atoms with Crippen LogP contribution in [0.2, 0.25) is 0 Å². The van der Waals surface area contributed by atoms with E-state index in [1.54, 1.807) is 13.2 Å². The molecule has 1 aromatic carbocycles. The van der Waals surface area contributed by atoms with E-state index >= 15 is 0 Å². The Morgan fingerprint density at radius 2 is 2.29 bits per heavy atom. The Kier molecular flexibility index (Phi) is 3.72. The summed E-state index contributed by atoms with van der Waals surface area (Å²) in [6, 6.07) is 4.56. The molecule has 0 radical (unpaired) electrons. The van der Waals surface area contributed by atoms with Crippen LogP contribution in [-0.2, 0) is 11.2 Å². The molecule has 2 rings (SSSR count). The maximum absolute atomic E-state index is 12.8. The molecule has 1 unspecified atom stereocenters. The van der Waals surface area contributed by atoms with Gasteiger partial charge in [0.05, 0.1) is 0 Å². The first-order valence-corrected chi connectivity index (χ1v) is 4.27. The van der Waals surface area contributed by atoms with Crippen molar-refractivity contribution >= 4 is 12.4 Å². The first kappa shape index (κ1) is 11.3. The van der Waals surface area contributed by atoms with Gasteiger partial charge in [0.2, 0.25) is 0 Å². The lowest BCUT2D eigenvalue weighted by Gasteiger charge is -2.24. The average Bonchev–Trinajstić information content (AvgIpc) is 2.17. The smallest absolute Gasteiger partial charge is 0.199 e. The molecule has 14 heavy (non-hydrogen) atoms. The van der Waals surface area contributed by atoms with Crippen LogP contribution in [0.15, 0.2) is 18.2 Å². The zero-order valence-corrected chi connectivity index (χ0v) is 8.64. The Balaban J connectivity index is 0.000000980. The molecular formula is C10H12ClFO2. The summed E-state index contributed by atoms with van der Waals surface area (Å²) in [5.74, 6) is 0.526. The molecule has 0 spiro atoms. The van der Waals surface area contributed by atoms with Crippen LogP contribution < -0.4 is 4.74 Å². The van der Waals surface area contributed by atoms with Crippen LogP contribution in [0.25, 0.3) is 0 Å². The summed E-state index contributed by atoms with van der Waals surface area (Å²) in [6.45, 7) is 0. The van der Waals surface area contributed by atoms with Gasteiger partial charge in [-0.2, -0.15) is 0 Å². The van der Waals surface area contributed by atoms with Gasteiger partial charge in [-0.05, 0) is 30.2 Å². The van der Waals surface area contributed by atoms with Crippen molar-refractivity contribution < 1.29 is 13.9 Å². The molecule has 1 heterocycles. The van der Waals surface area contributed by atoms with Crippen molar-refractivity contribution in [2.75, 3.05) is 7.11 Å². The third-order valence-electron chi connectivity index (χ3n) is 2.19. The summed E-state index contributed by atoms with van der Waals surface area (Å²) in [6.07, 6.45) is 1.41. The topological polar surface area (TPSA) is 18.5 Å². The Hall–Kier alpha value is -0.800. The lowest BCUT2D eigenvalue weighted by atomic mass is 10.1. The van der Waals surface area contributed by atoms with E-state index in [1.807, 2.05) is 0 Å². The fraction of sp³-hybridized carbons (Fsp3) is 0.400. The fourth-order valence-corrected chi connectivity index (χ4v) is 1.50. The van der Waals surface area contributed by atoms with Gasteiger partial charge in [-0.15, -0.1) is 12.4 Å². The standard InChI is InChI=1S/C10H11FO2.ClH/c1-12-10-5-2-7-6-8(11)3-4-9(7)13-10;/h3-4,6,10H,2,5H2,1H3;1H. The van der Waals surface area contributed by atoms with Crippen LogP contribution in [0, 0.1) is 5.82 Å². The van der Waals surface area contributed by atoms with Crippen molar-refractivity contribution in [2.24, 2.45) is 0 Å². The van der Waals surface area contributed by atoms with Crippen molar-refractivity contribution in [1.29, 1.82) is 0 Å². The molecule has 0 saturated carbocycles. The molecule has 0 aromatic heterocycles. The lowest BCUT2D eigenvalue weighted by molar-refractivity contribution is -0.0654. The number of halogens is 2. The molecule has 0 saturated heterocycles. The SMILES string of the molecule is COC1CCc2cc(F)ccc2O1.Cl. The van der Waals surface area contributed by atoms with E-state index in [9.17, 15) is 4.39 Å². The number of fused-ring (bicyclic) bond motifs is 1.